The van der Waals surface area contributed by atoms with Crippen LogP contribution in [0.1, 0.15) is 40.2 Å². The average molecular weight is 380 g/mol. The Morgan fingerprint density at radius 3 is 2.38 bits per heavy atom. The summed E-state index contributed by atoms with van der Waals surface area (Å²) in [5.41, 5.74) is 0.727. The van der Waals surface area contributed by atoms with Crippen molar-refractivity contribution in [2.24, 2.45) is 5.92 Å². The second kappa shape index (κ2) is 8.11. The van der Waals surface area contributed by atoms with E-state index >= 15 is 0 Å². The Hall–Kier alpha value is -0.723. The van der Waals surface area contributed by atoms with Crippen LogP contribution in [-0.4, -0.2) is 49.9 Å². The highest BCUT2D eigenvalue weighted by Gasteiger charge is 2.52. The first-order valence-electron chi connectivity index (χ1n) is 9.69. The lowest BCUT2D eigenvalue weighted by Gasteiger charge is -2.44. The lowest BCUT2D eigenvalue weighted by molar-refractivity contribution is -0.0206. The molecule has 1 saturated heterocycles. The van der Waals surface area contributed by atoms with Gasteiger partial charge in [0.15, 0.2) is 8.32 Å². The van der Waals surface area contributed by atoms with Gasteiger partial charge in [-0.3, -0.25) is 4.90 Å². The summed E-state index contributed by atoms with van der Waals surface area (Å²) in [7, 11) is -1.92. The maximum absolute atomic E-state index is 10.5. The van der Waals surface area contributed by atoms with E-state index in [-0.39, 0.29) is 17.7 Å². The Morgan fingerprint density at radius 2 is 1.88 bits per heavy atom. The summed E-state index contributed by atoms with van der Waals surface area (Å²) >= 11 is 0. The van der Waals surface area contributed by atoms with Crippen LogP contribution in [-0.2, 0) is 15.7 Å². The molecular formula is C21H37NO3Si. The Kier molecular flexibility index (Phi) is 6.73. The van der Waals surface area contributed by atoms with E-state index in [1.165, 1.54) is 5.56 Å². The number of rotatable bonds is 7. The summed E-state index contributed by atoms with van der Waals surface area (Å²) in [6, 6.07) is 10.4. The van der Waals surface area contributed by atoms with Crippen molar-refractivity contribution in [2.75, 3.05) is 19.9 Å². The number of nitrogens with zero attached hydrogens (tertiary/aromatic N) is 1. The summed E-state index contributed by atoms with van der Waals surface area (Å²) in [6.45, 7) is 17.4. The summed E-state index contributed by atoms with van der Waals surface area (Å²) in [5, 5.41) is 10.6. The van der Waals surface area contributed by atoms with E-state index in [0.29, 0.717) is 19.3 Å². The molecule has 1 aliphatic heterocycles. The largest absolute Gasteiger partial charge is 0.415 e. The second-order valence-electron chi connectivity index (χ2n) is 9.45. The quantitative estimate of drug-likeness (QED) is 0.719. The fraction of sp³-hybridized carbons (Fsp3) is 0.714. The van der Waals surface area contributed by atoms with E-state index in [4.69, 9.17) is 9.16 Å². The van der Waals surface area contributed by atoms with Gasteiger partial charge < -0.3 is 14.3 Å². The molecule has 0 spiro atoms. The average Bonchev–Trinajstić information content (AvgIpc) is 2.92. The normalized spacial score (nSPS) is 25.2. The Bertz CT molecular complexity index is 570. The van der Waals surface area contributed by atoms with Crippen molar-refractivity contribution in [2.45, 2.75) is 70.9 Å². The Morgan fingerprint density at radius 1 is 1.27 bits per heavy atom. The van der Waals surface area contributed by atoms with Crippen LogP contribution in [0.15, 0.2) is 30.3 Å². The maximum atomic E-state index is 10.5. The van der Waals surface area contributed by atoms with Crippen LogP contribution in [0.25, 0.3) is 0 Å². The highest BCUT2D eigenvalue weighted by atomic mass is 28.4. The Balaban J connectivity index is 2.27. The highest BCUT2D eigenvalue weighted by molar-refractivity contribution is 6.74. The van der Waals surface area contributed by atoms with Gasteiger partial charge in [-0.1, -0.05) is 65.0 Å². The van der Waals surface area contributed by atoms with Crippen molar-refractivity contribution in [3.8, 4) is 0 Å². The molecule has 5 heteroatoms. The molecule has 1 aromatic carbocycles. The fourth-order valence-corrected chi connectivity index (χ4v) is 4.43. The number of aliphatic hydroxyl groups is 1. The molecule has 0 aliphatic carbocycles. The van der Waals surface area contributed by atoms with Gasteiger partial charge in [0.1, 0.15) is 6.73 Å². The van der Waals surface area contributed by atoms with E-state index in [9.17, 15) is 5.11 Å². The molecule has 1 aliphatic rings. The van der Waals surface area contributed by atoms with Crippen molar-refractivity contribution >= 4 is 8.32 Å². The molecular weight excluding hydrogens is 342 g/mol. The number of aliphatic hydroxyl groups excluding tert-OH is 1. The zero-order valence-corrected chi connectivity index (χ0v) is 18.6. The lowest BCUT2D eigenvalue weighted by Crippen LogP contribution is -2.60. The molecule has 2 rings (SSSR count). The first kappa shape index (κ1) is 21.6. The van der Waals surface area contributed by atoms with Gasteiger partial charge in [-0.25, -0.2) is 0 Å². The molecule has 1 heterocycles. The number of benzene rings is 1. The molecule has 0 saturated carbocycles. The molecule has 1 fully saturated rings. The van der Waals surface area contributed by atoms with Crippen LogP contribution in [0, 0.1) is 5.92 Å². The highest BCUT2D eigenvalue weighted by Crippen LogP contribution is 2.40. The molecule has 148 valence electrons. The van der Waals surface area contributed by atoms with E-state index in [1.807, 2.05) is 6.07 Å². The van der Waals surface area contributed by atoms with Crippen molar-refractivity contribution in [1.82, 2.24) is 4.90 Å². The van der Waals surface area contributed by atoms with Gasteiger partial charge in [-0.15, -0.1) is 0 Å². The van der Waals surface area contributed by atoms with E-state index < -0.39 is 13.9 Å². The summed E-state index contributed by atoms with van der Waals surface area (Å²) < 4.78 is 12.7. The third kappa shape index (κ3) is 4.39. The number of ether oxygens (including phenoxy) is 1. The molecule has 0 bridgehead atoms. The first-order chi connectivity index (χ1) is 12.0. The van der Waals surface area contributed by atoms with Crippen LogP contribution in [0.4, 0.5) is 0 Å². The monoisotopic (exact) mass is 379 g/mol. The zero-order chi connectivity index (χ0) is 19.6. The Labute approximate surface area is 160 Å². The zero-order valence-electron chi connectivity index (χ0n) is 17.6. The predicted molar refractivity (Wildman–Crippen MR) is 110 cm³/mol. The SMILES string of the molecule is CC(C)C1OCN(Cc2ccccc2)C1(CO)CO[Si](C)(C)C(C)(C)C. The lowest BCUT2D eigenvalue weighted by atomic mass is 9.86. The van der Waals surface area contributed by atoms with Crippen LogP contribution < -0.4 is 0 Å². The number of hydrogen-bond donors (Lipinski definition) is 1. The maximum Gasteiger partial charge on any atom is 0.192 e. The van der Waals surface area contributed by atoms with Gasteiger partial charge in [0.25, 0.3) is 0 Å². The third-order valence-electron chi connectivity index (χ3n) is 6.15. The summed E-state index contributed by atoms with van der Waals surface area (Å²) in [5.74, 6) is 0.311. The molecule has 1 aromatic rings. The topological polar surface area (TPSA) is 41.9 Å². The van der Waals surface area contributed by atoms with Gasteiger partial charge >= 0.3 is 0 Å². The smallest absolute Gasteiger partial charge is 0.192 e. The van der Waals surface area contributed by atoms with Crippen LogP contribution >= 0.6 is 0 Å². The van der Waals surface area contributed by atoms with Gasteiger partial charge in [0, 0.05) is 6.54 Å². The van der Waals surface area contributed by atoms with Crippen molar-refractivity contribution < 1.29 is 14.3 Å². The second-order valence-corrected chi connectivity index (χ2v) is 14.3. The predicted octanol–water partition coefficient (Wildman–Crippen LogP) is 4.25. The molecule has 26 heavy (non-hydrogen) atoms. The summed E-state index contributed by atoms with van der Waals surface area (Å²) in [6.07, 6.45) is -0.0408. The molecule has 2 unspecified atom stereocenters. The minimum absolute atomic E-state index is 0.0390. The van der Waals surface area contributed by atoms with Gasteiger partial charge in [-0.2, -0.15) is 0 Å². The fourth-order valence-electron chi connectivity index (χ4n) is 3.38. The standard InChI is InChI=1S/C21H37NO3Si/c1-17(2)19-21(14-23,15-25-26(6,7)20(3,4)5)22(16-24-19)13-18-11-9-8-10-12-18/h8-12,17,19,23H,13-16H2,1-7H3. The van der Waals surface area contributed by atoms with E-state index in [2.05, 4.69) is 76.9 Å². The minimum atomic E-state index is -1.92. The number of hydrogen-bond acceptors (Lipinski definition) is 4. The van der Waals surface area contributed by atoms with Gasteiger partial charge in [0.05, 0.1) is 24.9 Å². The third-order valence-corrected chi connectivity index (χ3v) is 10.6. The molecule has 2 atom stereocenters. The summed E-state index contributed by atoms with van der Waals surface area (Å²) in [4.78, 5) is 2.26. The van der Waals surface area contributed by atoms with Crippen molar-refractivity contribution in [3.63, 3.8) is 0 Å². The molecule has 0 aromatic heterocycles. The minimum Gasteiger partial charge on any atom is -0.415 e. The van der Waals surface area contributed by atoms with Crippen LogP contribution in [0.5, 0.6) is 0 Å². The molecule has 0 amide bonds. The van der Waals surface area contributed by atoms with E-state index in [0.717, 1.165) is 6.54 Å². The molecule has 1 N–H and O–H groups in total. The van der Waals surface area contributed by atoms with Crippen LogP contribution in [0.3, 0.4) is 0 Å². The van der Waals surface area contributed by atoms with Crippen molar-refractivity contribution in [1.29, 1.82) is 0 Å². The van der Waals surface area contributed by atoms with Crippen molar-refractivity contribution in [3.05, 3.63) is 35.9 Å². The van der Waals surface area contributed by atoms with Gasteiger partial charge in [0.2, 0.25) is 0 Å². The first-order valence-corrected chi connectivity index (χ1v) is 12.6. The van der Waals surface area contributed by atoms with Gasteiger partial charge in [-0.05, 0) is 29.6 Å². The van der Waals surface area contributed by atoms with Crippen LogP contribution in [0.2, 0.25) is 18.1 Å². The molecule has 0 radical (unpaired) electrons. The van der Waals surface area contributed by atoms with E-state index in [1.54, 1.807) is 0 Å². The molecule has 4 nitrogen and oxygen atoms in total.